The number of rotatable bonds is 5. The van der Waals surface area contributed by atoms with Crippen LogP contribution in [0.5, 0.6) is 5.75 Å². The first-order valence-corrected chi connectivity index (χ1v) is 6.76. The molecule has 0 spiro atoms. The Balaban J connectivity index is 2.20. The van der Waals surface area contributed by atoms with Gasteiger partial charge in [0.2, 0.25) is 0 Å². The van der Waals surface area contributed by atoms with Crippen LogP contribution in [0.3, 0.4) is 0 Å². The maximum absolute atomic E-state index is 10.9. The Bertz CT molecular complexity index is 620. The van der Waals surface area contributed by atoms with E-state index in [0.717, 1.165) is 15.6 Å². The third-order valence-electron chi connectivity index (χ3n) is 2.83. The second-order valence-corrected chi connectivity index (χ2v) is 5.54. The Morgan fingerprint density at radius 1 is 1.45 bits per heavy atom. The van der Waals surface area contributed by atoms with Gasteiger partial charge in [-0.3, -0.25) is 10.1 Å². The van der Waals surface area contributed by atoms with Crippen molar-refractivity contribution in [1.82, 2.24) is 4.98 Å². The molecule has 1 heterocycles. The molecule has 0 radical (unpaired) electrons. The van der Waals surface area contributed by atoms with Crippen LogP contribution >= 0.6 is 11.3 Å². The minimum Gasteiger partial charge on any atom is -0.479 e. The highest BCUT2D eigenvalue weighted by Gasteiger charge is 2.16. The summed E-state index contributed by atoms with van der Waals surface area (Å²) in [4.78, 5) is 15.9. The molecule has 0 aliphatic heterocycles. The van der Waals surface area contributed by atoms with Gasteiger partial charge in [0, 0.05) is 10.9 Å². The van der Waals surface area contributed by atoms with Crippen LogP contribution in [-0.4, -0.2) is 15.0 Å². The third-order valence-corrected chi connectivity index (χ3v) is 3.87. The van der Waals surface area contributed by atoms with Crippen LogP contribution in [0.15, 0.2) is 18.2 Å². The first-order chi connectivity index (χ1) is 9.51. The quantitative estimate of drug-likeness (QED) is 0.677. The van der Waals surface area contributed by atoms with Crippen LogP contribution in [-0.2, 0) is 13.2 Å². The SMILES string of the molecule is Cc1nc(COc2cc(CO)ccc2[N+](=O)[O-])sc1C. The van der Waals surface area contributed by atoms with E-state index in [1.165, 1.54) is 29.5 Å². The summed E-state index contributed by atoms with van der Waals surface area (Å²) in [6.07, 6.45) is 0. The second kappa shape index (κ2) is 5.98. The van der Waals surface area contributed by atoms with E-state index in [1.54, 1.807) is 0 Å². The van der Waals surface area contributed by atoms with Crippen LogP contribution in [0.4, 0.5) is 5.69 Å². The largest absolute Gasteiger partial charge is 0.479 e. The van der Waals surface area contributed by atoms with Gasteiger partial charge in [-0.15, -0.1) is 11.3 Å². The molecule has 0 aliphatic carbocycles. The first kappa shape index (κ1) is 14.4. The predicted molar refractivity (Wildman–Crippen MR) is 74.9 cm³/mol. The van der Waals surface area contributed by atoms with Crippen molar-refractivity contribution < 1.29 is 14.8 Å². The van der Waals surface area contributed by atoms with Gasteiger partial charge in [0.15, 0.2) is 5.75 Å². The zero-order chi connectivity index (χ0) is 14.7. The summed E-state index contributed by atoms with van der Waals surface area (Å²) in [5, 5.41) is 20.8. The van der Waals surface area contributed by atoms with Gasteiger partial charge < -0.3 is 9.84 Å². The van der Waals surface area contributed by atoms with Crippen molar-refractivity contribution in [3.8, 4) is 5.75 Å². The highest BCUT2D eigenvalue weighted by molar-refractivity contribution is 7.11. The van der Waals surface area contributed by atoms with Crippen LogP contribution in [0.25, 0.3) is 0 Å². The van der Waals surface area contributed by atoms with Crippen molar-refractivity contribution in [1.29, 1.82) is 0 Å². The number of aliphatic hydroxyl groups is 1. The molecule has 1 aromatic carbocycles. The number of nitro benzene ring substituents is 1. The van der Waals surface area contributed by atoms with Crippen molar-refractivity contribution in [2.24, 2.45) is 0 Å². The van der Waals surface area contributed by atoms with E-state index in [9.17, 15) is 10.1 Å². The summed E-state index contributed by atoms with van der Waals surface area (Å²) < 4.78 is 5.49. The lowest BCUT2D eigenvalue weighted by molar-refractivity contribution is -0.386. The standard InChI is InChI=1S/C13H14N2O4S/c1-8-9(2)20-13(14-8)7-19-12-5-10(6-16)3-4-11(12)15(17)18/h3-5,16H,6-7H2,1-2H3. The fraction of sp³-hybridized carbons (Fsp3) is 0.308. The Kier molecular flexibility index (Phi) is 4.31. The maximum atomic E-state index is 10.9. The van der Waals surface area contributed by atoms with Gasteiger partial charge in [-0.2, -0.15) is 0 Å². The Morgan fingerprint density at radius 3 is 2.75 bits per heavy atom. The smallest absolute Gasteiger partial charge is 0.310 e. The molecular formula is C13H14N2O4S. The molecule has 6 nitrogen and oxygen atoms in total. The number of benzene rings is 1. The van der Waals surface area contributed by atoms with Crippen LogP contribution in [0.2, 0.25) is 0 Å². The summed E-state index contributed by atoms with van der Waals surface area (Å²) >= 11 is 1.50. The molecule has 2 rings (SSSR count). The molecule has 2 aromatic rings. The van der Waals surface area contributed by atoms with Crippen LogP contribution in [0.1, 0.15) is 21.1 Å². The second-order valence-electron chi connectivity index (χ2n) is 4.26. The van der Waals surface area contributed by atoms with Gasteiger partial charge in [-0.25, -0.2) is 4.98 Å². The third kappa shape index (κ3) is 3.12. The van der Waals surface area contributed by atoms with E-state index >= 15 is 0 Å². The normalized spacial score (nSPS) is 10.6. The summed E-state index contributed by atoms with van der Waals surface area (Å²) in [6, 6.07) is 4.31. The maximum Gasteiger partial charge on any atom is 0.310 e. The lowest BCUT2D eigenvalue weighted by atomic mass is 10.2. The van der Waals surface area contributed by atoms with E-state index in [2.05, 4.69) is 4.98 Å². The van der Waals surface area contributed by atoms with Crippen LogP contribution in [0, 0.1) is 24.0 Å². The number of nitrogens with zero attached hydrogens (tertiary/aromatic N) is 2. The average Bonchev–Trinajstić information content (AvgIpc) is 2.75. The Morgan fingerprint density at radius 2 is 2.20 bits per heavy atom. The Labute approximate surface area is 119 Å². The molecule has 0 atom stereocenters. The molecule has 0 amide bonds. The fourth-order valence-corrected chi connectivity index (χ4v) is 2.51. The molecule has 0 saturated carbocycles. The van der Waals surface area contributed by atoms with Crippen molar-refractivity contribution in [2.45, 2.75) is 27.1 Å². The van der Waals surface area contributed by atoms with Gasteiger partial charge in [-0.05, 0) is 31.5 Å². The topological polar surface area (TPSA) is 85.5 Å². The zero-order valence-corrected chi connectivity index (χ0v) is 11.9. The number of aliphatic hydroxyl groups excluding tert-OH is 1. The molecule has 0 bridgehead atoms. The molecule has 0 aliphatic rings. The number of ether oxygens (including phenoxy) is 1. The monoisotopic (exact) mass is 294 g/mol. The highest BCUT2D eigenvalue weighted by Crippen LogP contribution is 2.29. The molecule has 0 saturated heterocycles. The van der Waals surface area contributed by atoms with E-state index in [0.29, 0.717) is 5.56 Å². The lowest BCUT2D eigenvalue weighted by Gasteiger charge is -2.06. The molecule has 106 valence electrons. The van der Waals surface area contributed by atoms with Crippen LogP contribution < -0.4 is 4.74 Å². The zero-order valence-electron chi connectivity index (χ0n) is 11.1. The molecule has 1 N–H and O–H groups in total. The molecule has 0 unspecified atom stereocenters. The van der Waals surface area contributed by atoms with Gasteiger partial charge >= 0.3 is 5.69 Å². The highest BCUT2D eigenvalue weighted by atomic mass is 32.1. The minimum absolute atomic E-state index is 0.118. The molecule has 20 heavy (non-hydrogen) atoms. The summed E-state index contributed by atoms with van der Waals surface area (Å²) in [5.74, 6) is 0.145. The Hall–Kier alpha value is -1.99. The minimum atomic E-state index is -0.505. The summed E-state index contributed by atoms with van der Waals surface area (Å²) in [6.45, 7) is 3.86. The molecular weight excluding hydrogens is 280 g/mol. The number of thiazole rings is 1. The van der Waals surface area contributed by atoms with E-state index in [4.69, 9.17) is 9.84 Å². The summed E-state index contributed by atoms with van der Waals surface area (Å²) in [7, 11) is 0. The van der Waals surface area contributed by atoms with E-state index in [-0.39, 0.29) is 24.7 Å². The number of hydrogen-bond acceptors (Lipinski definition) is 6. The fourth-order valence-electron chi connectivity index (χ4n) is 1.66. The number of nitro groups is 1. The number of aryl methyl sites for hydroxylation is 2. The predicted octanol–water partition coefficient (Wildman–Crippen LogP) is 2.74. The molecule has 0 fully saturated rings. The molecule has 7 heteroatoms. The van der Waals surface area contributed by atoms with E-state index in [1.807, 2.05) is 13.8 Å². The van der Waals surface area contributed by atoms with Crippen molar-refractivity contribution in [3.05, 3.63) is 49.5 Å². The molecule has 1 aromatic heterocycles. The van der Waals surface area contributed by atoms with Crippen molar-refractivity contribution in [3.63, 3.8) is 0 Å². The van der Waals surface area contributed by atoms with E-state index < -0.39 is 4.92 Å². The number of aromatic nitrogens is 1. The van der Waals surface area contributed by atoms with Crippen molar-refractivity contribution in [2.75, 3.05) is 0 Å². The number of hydrogen-bond donors (Lipinski definition) is 1. The summed E-state index contributed by atoms with van der Waals surface area (Å²) in [5.41, 5.74) is 1.39. The van der Waals surface area contributed by atoms with Crippen molar-refractivity contribution >= 4 is 17.0 Å². The lowest BCUT2D eigenvalue weighted by Crippen LogP contribution is -2.00. The van der Waals surface area contributed by atoms with Gasteiger partial charge in [0.05, 0.1) is 17.2 Å². The van der Waals surface area contributed by atoms with Gasteiger partial charge in [-0.1, -0.05) is 0 Å². The van der Waals surface area contributed by atoms with Gasteiger partial charge in [0.1, 0.15) is 11.6 Å². The first-order valence-electron chi connectivity index (χ1n) is 5.95. The average molecular weight is 294 g/mol. The van der Waals surface area contributed by atoms with Gasteiger partial charge in [0.25, 0.3) is 0 Å².